The molecule has 1 rings (SSSR count). The molecule has 1 aliphatic rings. The summed E-state index contributed by atoms with van der Waals surface area (Å²) in [6.45, 7) is 5.72. The van der Waals surface area contributed by atoms with Gasteiger partial charge in [0, 0.05) is 0 Å². The summed E-state index contributed by atoms with van der Waals surface area (Å²) in [5, 5.41) is 0. The maximum Gasteiger partial charge on any atom is 0.146 e. The molecule has 0 spiro atoms. The van der Waals surface area contributed by atoms with Crippen LogP contribution < -0.4 is 0 Å². The van der Waals surface area contributed by atoms with Crippen LogP contribution in [0.15, 0.2) is 23.8 Å². The van der Waals surface area contributed by atoms with Crippen molar-refractivity contribution >= 4 is 6.29 Å². The van der Waals surface area contributed by atoms with E-state index in [1.807, 2.05) is 0 Å². The van der Waals surface area contributed by atoms with Crippen molar-refractivity contribution in [2.45, 2.75) is 13.3 Å². The van der Waals surface area contributed by atoms with Crippen LogP contribution in [0.25, 0.3) is 0 Å². The van der Waals surface area contributed by atoms with Gasteiger partial charge in [0.25, 0.3) is 0 Å². The summed E-state index contributed by atoms with van der Waals surface area (Å²) in [6.07, 6.45) is 3.64. The van der Waals surface area contributed by atoms with Crippen LogP contribution in [0, 0.1) is 5.92 Å². The Morgan fingerprint density at radius 3 is 2.67 bits per heavy atom. The van der Waals surface area contributed by atoms with Crippen LogP contribution >= 0.6 is 0 Å². The highest BCUT2D eigenvalue weighted by molar-refractivity contribution is 5.78. The summed E-state index contributed by atoms with van der Waals surface area (Å²) >= 11 is 0. The van der Waals surface area contributed by atoms with Crippen molar-refractivity contribution in [2.24, 2.45) is 5.92 Å². The van der Waals surface area contributed by atoms with E-state index in [4.69, 9.17) is 0 Å². The van der Waals surface area contributed by atoms with Crippen molar-refractivity contribution in [3.8, 4) is 0 Å². The lowest BCUT2D eigenvalue weighted by atomic mass is 9.79. The molecule has 48 valence electrons. The summed E-state index contributed by atoms with van der Waals surface area (Å²) < 4.78 is 0. The van der Waals surface area contributed by atoms with Gasteiger partial charge in [-0.2, -0.15) is 0 Å². The molecule has 0 aliphatic heterocycles. The molecular formula is C8H10O. The van der Waals surface area contributed by atoms with E-state index < -0.39 is 0 Å². The zero-order chi connectivity index (χ0) is 6.85. The molecular weight excluding hydrogens is 112 g/mol. The van der Waals surface area contributed by atoms with E-state index in [0.29, 0.717) is 5.92 Å². The molecule has 0 radical (unpaired) electrons. The Labute approximate surface area is 55.1 Å². The lowest BCUT2D eigenvalue weighted by Crippen LogP contribution is -2.14. The summed E-state index contributed by atoms with van der Waals surface area (Å²) in [7, 11) is 0. The number of carbonyl (C=O) groups excluding carboxylic acids is 1. The Kier molecular flexibility index (Phi) is 1.52. The van der Waals surface area contributed by atoms with Crippen molar-refractivity contribution in [3.63, 3.8) is 0 Å². The number of hydrogen-bond donors (Lipinski definition) is 0. The molecule has 0 N–H and O–H groups in total. The third-order valence-corrected chi connectivity index (χ3v) is 1.79. The molecule has 0 aromatic rings. The van der Waals surface area contributed by atoms with E-state index in [0.717, 1.165) is 23.9 Å². The van der Waals surface area contributed by atoms with Crippen LogP contribution in [0.4, 0.5) is 0 Å². The molecule has 1 unspecified atom stereocenters. The monoisotopic (exact) mass is 122 g/mol. The maximum absolute atomic E-state index is 10.2. The fourth-order valence-corrected chi connectivity index (χ4v) is 1.19. The topological polar surface area (TPSA) is 17.1 Å². The quantitative estimate of drug-likeness (QED) is 0.509. The molecule has 1 nitrogen and oxygen atoms in total. The minimum atomic E-state index is 0.558. The third kappa shape index (κ3) is 0.826. The highest BCUT2D eigenvalue weighted by Gasteiger charge is 2.21. The molecule has 1 aliphatic carbocycles. The Balaban J connectivity index is 2.82. The zero-order valence-corrected chi connectivity index (χ0v) is 5.55. The minimum absolute atomic E-state index is 0.558. The number of allylic oxidation sites excluding steroid dienone is 3. The first kappa shape index (κ1) is 6.27. The minimum Gasteiger partial charge on any atom is -0.298 e. The van der Waals surface area contributed by atoms with Crippen molar-refractivity contribution in [1.82, 2.24) is 0 Å². The van der Waals surface area contributed by atoms with E-state index in [1.165, 1.54) is 0 Å². The third-order valence-electron chi connectivity index (χ3n) is 1.79. The standard InChI is InChI=1S/C8H10O/c1-3-8-6(2)4-7(8)5-9/h3,5-6H,1,4H2,2H3. The summed E-state index contributed by atoms with van der Waals surface area (Å²) in [5.74, 6) is 0.558. The molecule has 0 aromatic heterocycles. The maximum atomic E-state index is 10.2. The molecule has 0 heterocycles. The first-order valence-electron chi connectivity index (χ1n) is 3.10. The summed E-state index contributed by atoms with van der Waals surface area (Å²) in [4.78, 5) is 10.2. The number of hydrogen-bond acceptors (Lipinski definition) is 1. The van der Waals surface area contributed by atoms with Crippen molar-refractivity contribution < 1.29 is 4.79 Å². The average molecular weight is 122 g/mol. The van der Waals surface area contributed by atoms with Gasteiger partial charge in [-0.25, -0.2) is 0 Å². The predicted molar refractivity (Wildman–Crippen MR) is 37.1 cm³/mol. The fourth-order valence-electron chi connectivity index (χ4n) is 1.19. The van der Waals surface area contributed by atoms with E-state index in [-0.39, 0.29) is 0 Å². The summed E-state index contributed by atoms with van der Waals surface area (Å²) in [5.41, 5.74) is 2.06. The number of aldehydes is 1. The van der Waals surface area contributed by atoms with E-state index in [9.17, 15) is 4.79 Å². The highest BCUT2D eigenvalue weighted by atomic mass is 16.1. The molecule has 0 bridgehead atoms. The summed E-state index contributed by atoms with van der Waals surface area (Å²) in [6, 6.07) is 0. The van der Waals surface area contributed by atoms with Crippen molar-refractivity contribution in [1.29, 1.82) is 0 Å². The first-order valence-corrected chi connectivity index (χ1v) is 3.10. The zero-order valence-electron chi connectivity index (χ0n) is 5.55. The van der Waals surface area contributed by atoms with Crippen LogP contribution in [0.5, 0.6) is 0 Å². The Morgan fingerprint density at radius 1 is 1.78 bits per heavy atom. The van der Waals surface area contributed by atoms with Gasteiger partial charge in [0.15, 0.2) is 0 Å². The average Bonchev–Trinajstić information content (AvgIpc) is 1.83. The van der Waals surface area contributed by atoms with Gasteiger partial charge in [-0.05, 0) is 23.5 Å². The molecule has 0 aromatic carbocycles. The van der Waals surface area contributed by atoms with Crippen molar-refractivity contribution in [2.75, 3.05) is 0 Å². The number of carbonyl (C=O) groups is 1. The van der Waals surface area contributed by atoms with Crippen LogP contribution in [0.3, 0.4) is 0 Å². The van der Waals surface area contributed by atoms with Crippen LogP contribution in [0.1, 0.15) is 13.3 Å². The van der Waals surface area contributed by atoms with Crippen LogP contribution in [-0.4, -0.2) is 6.29 Å². The number of rotatable bonds is 2. The normalized spacial score (nSPS) is 25.2. The second kappa shape index (κ2) is 2.18. The molecule has 0 amide bonds. The lowest BCUT2D eigenvalue weighted by Gasteiger charge is -2.24. The molecule has 0 saturated heterocycles. The molecule has 9 heavy (non-hydrogen) atoms. The Hall–Kier alpha value is -0.850. The van der Waals surface area contributed by atoms with Gasteiger partial charge in [0.1, 0.15) is 6.29 Å². The second-order valence-corrected chi connectivity index (χ2v) is 2.41. The van der Waals surface area contributed by atoms with Gasteiger partial charge < -0.3 is 0 Å². The fraction of sp³-hybridized carbons (Fsp3) is 0.375. The second-order valence-electron chi connectivity index (χ2n) is 2.41. The van der Waals surface area contributed by atoms with Gasteiger partial charge in [0.05, 0.1) is 0 Å². The molecule has 0 saturated carbocycles. The molecule has 1 atom stereocenters. The Bertz CT molecular complexity index is 177. The van der Waals surface area contributed by atoms with E-state index in [1.54, 1.807) is 6.08 Å². The SMILES string of the molecule is C=CC1=C(C=O)CC1C. The van der Waals surface area contributed by atoms with Gasteiger partial charge in [-0.1, -0.05) is 19.6 Å². The first-order chi connectivity index (χ1) is 4.29. The van der Waals surface area contributed by atoms with Crippen LogP contribution in [0.2, 0.25) is 0 Å². The van der Waals surface area contributed by atoms with E-state index in [2.05, 4.69) is 13.5 Å². The van der Waals surface area contributed by atoms with Gasteiger partial charge in [-0.3, -0.25) is 4.79 Å². The van der Waals surface area contributed by atoms with Gasteiger partial charge >= 0.3 is 0 Å². The van der Waals surface area contributed by atoms with Crippen molar-refractivity contribution in [3.05, 3.63) is 23.8 Å². The molecule has 0 fully saturated rings. The lowest BCUT2D eigenvalue weighted by molar-refractivity contribution is -0.105. The smallest absolute Gasteiger partial charge is 0.146 e. The van der Waals surface area contributed by atoms with Crippen LogP contribution in [-0.2, 0) is 4.79 Å². The molecule has 1 heteroatoms. The van der Waals surface area contributed by atoms with Gasteiger partial charge in [-0.15, -0.1) is 0 Å². The highest BCUT2D eigenvalue weighted by Crippen LogP contribution is 2.33. The predicted octanol–water partition coefficient (Wildman–Crippen LogP) is 1.71. The Morgan fingerprint density at radius 2 is 2.44 bits per heavy atom. The van der Waals surface area contributed by atoms with Gasteiger partial charge in [0.2, 0.25) is 0 Å². The van der Waals surface area contributed by atoms with E-state index >= 15 is 0 Å². The largest absolute Gasteiger partial charge is 0.298 e.